The molecule has 0 bridgehead atoms. The lowest BCUT2D eigenvalue weighted by Gasteiger charge is -2.25. The summed E-state index contributed by atoms with van der Waals surface area (Å²) in [5.41, 5.74) is 0.662. The summed E-state index contributed by atoms with van der Waals surface area (Å²) in [4.78, 5) is 27.6. The minimum atomic E-state index is -0.799. The number of amides is 1. The van der Waals surface area contributed by atoms with Crippen molar-refractivity contribution in [2.75, 3.05) is 27.9 Å². The van der Waals surface area contributed by atoms with E-state index in [0.717, 1.165) is 6.42 Å². The number of hydrogen-bond donors (Lipinski definition) is 1. The van der Waals surface area contributed by atoms with Crippen molar-refractivity contribution in [3.63, 3.8) is 0 Å². The van der Waals surface area contributed by atoms with E-state index in [4.69, 9.17) is 37.4 Å². The molecule has 1 amide bonds. The van der Waals surface area contributed by atoms with E-state index in [-0.39, 0.29) is 32.7 Å². The number of carbonyl (C=O) groups excluding carboxylic acids is 2. The minimum Gasteiger partial charge on any atom is -0.507 e. The van der Waals surface area contributed by atoms with Crippen LogP contribution in [0.2, 0.25) is 10.0 Å². The van der Waals surface area contributed by atoms with Gasteiger partial charge in [0.05, 0.1) is 43.5 Å². The maximum Gasteiger partial charge on any atom is 0.295 e. The lowest BCUT2D eigenvalue weighted by atomic mass is 9.94. The number of carbonyl (C=O) groups is 2. The summed E-state index contributed by atoms with van der Waals surface area (Å²) in [6.45, 7) is 2.35. The Morgan fingerprint density at radius 3 is 2.21 bits per heavy atom. The molecule has 0 radical (unpaired) electrons. The molecule has 0 aliphatic carbocycles. The van der Waals surface area contributed by atoms with Gasteiger partial charge in [0.2, 0.25) is 0 Å². The number of ether oxygens (including phenoxy) is 3. The van der Waals surface area contributed by atoms with Gasteiger partial charge in [0.1, 0.15) is 16.5 Å². The molecule has 0 spiro atoms. The number of rotatable bonds is 8. The topological polar surface area (TPSA) is 85.3 Å². The number of hydrogen-bond acceptors (Lipinski definition) is 6. The zero-order chi connectivity index (χ0) is 24.3. The maximum atomic E-state index is 13.1. The molecule has 2 aromatic carbocycles. The monoisotopic (exact) mass is 493 g/mol. The lowest BCUT2D eigenvalue weighted by molar-refractivity contribution is -0.139. The first-order valence-electron chi connectivity index (χ1n) is 10.3. The number of likely N-dealkylation sites (tertiary alicyclic amines) is 1. The molecule has 0 aromatic heterocycles. The average Bonchev–Trinajstić information content (AvgIpc) is 3.07. The van der Waals surface area contributed by atoms with Crippen molar-refractivity contribution in [2.24, 2.45) is 0 Å². The number of benzene rings is 2. The van der Waals surface area contributed by atoms with Gasteiger partial charge in [-0.25, -0.2) is 0 Å². The summed E-state index contributed by atoms with van der Waals surface area (Å²) in [5.74, 6) is -1.05. The zero-order valence-electron chi connectivity index (χ0n) is 18.8. The number of aliphatic hydroxyl groups excluding tert-OH is 1. The second-order valence-electron chi connectivity index (χ2n) is 7.41. The molecule has 1 fully saturated rings. The van der Waals surface area contributed by atoms with Gasteiger partial charge in [0, 0.05) is 6.54 Å². The molecule has 1 aliphatic rings. The van der Waals surface area contributed by atoms with Gasteiger partial charge < -0.3 is 24.2 Å². The third-order valence-corrected chi connectivity index (χ3v) is 6.14. The van der Waals surface area contributed by atoms with Gasteiger partial charge in [0.15, 0.2) is 11.5 Å². The standard InChI is InChI=1S/C24H25Cl2NO6/c1-5-6-11-27-19(13-7-9-14(31-2)10-8-13)17(21(29)24(27)30)20(28)15-12-16(25)23(33-4)18(26)22(15)32-3/h7-10,12,19,28H,5-6,11H2,1-4H3/b20-17+. The number of aliphatic hydroxyl groups is 1. The molecule has 33 heavy (non-hydrogen) atoms. The van der Waals surface area contributed by atoms with E-state index in [2.05, 4.69) is 0 Å². The second kappa shape index (κ2) is 10.4. The van der Waals surface area contributed by atoms with Crippen molar-refractivity contribution in [3.8, 4) is 17.2 Å². The van der Waals surface area contributed by atoms with Crippen molar-refractivity contribution < 1.29 is 28.9 Å². The highest BCUT2D eigenvalue weighted by Crippen LogP contribution is 2.47. The molecule has 3 rings (SSSR count). The van der Waals surface area contributed by atoms with Crippen LogP contribution in [0.15, 0.2) is 35.9 Å². The number of ketones is 1. The first-order valence-corrected chi connectivity index (χ1v) is 11.1. The maximum absolute atomic E-state index is 13.1. The van der Waals surface area contributed by atoms with Crippen molar-refractivity contribution in [2.45, 2.75) is 25.8 Å². The molecule has 0 saturated carbocycles. The van der Waals surface area contributed by atoms with Crippen LogP contribution in [-0.2, 0) is 9.59 Å². The van der Waals surface area contributed by atoms with Crippen molar-refractivity contribution in [1.29, 1.82) is 0 Å². The molecule has 2 aromatic rings. The molecular formula is C24H25Cl2NO6. The van der Waals surface area contributed by atoms with Crippen LogP contribution in [0, 0.1) is 0 Å². The number of methoxy groups -OCH3 is 3. The number of unbranched alkanes of at least 4 members (excludes halogenated alkanes) is 1. The smallest absolute Gasteiger partial charge is 0.295 e. The highest BCUT2D eigenvalue weighted by molar-refractivity contribution is 6.47. The molecule has 176 valence electrons. The summed E-state index contributed by atoms with van der Waals surface area (Å²) in [5, 5.41) is 11.5. The quantitative estimate of drug-likeness (QED) is 0.307. The van der Waals surface area contributed by atoms with Crippen LogP contribution in [-0.4, -0.2) is 49.6 Å². The summed E-state index contributed by atoms with van der Waals surface area (Å²) >= 11 is 12.7. The molecule has 1 saturated heterocycles. The highest BCUT2D eigenvalue weighted by Gasteiger charge is 2.46. The van der Waals surface area contributed by atoms with Crippen LogP contribution < -0.4 is 14.2 Å². The SMILES string of the molecule is CCCCN1C(=O)C(=O)/C(=C(/O)c2cc(Cl)c(OC)c(Cl)c2OC)C1c1ccc(OC)cc1. The summed E-state index contributed by atoms with van der Waals surface area (Å²) < 4.78 is 15.8. The number of Topliss-reactive ketones (excluding diaryl/α,β-unsaturated/α-hetero) is 1. The van der Waals surface area contributed by atoms with E-state index in [1.807, 2.05) is 6.92 Å². The van der Waals surface area contributed by atoms with Gasteiger partial charge in [-0.2, -0.15) is 0 Å². The lowest BCUT2D eigenvalue weighted by Crippen LogP contribution is -2.30. The van der Waals surface area contributed by atoms with E-state index in [0.29, 0.717) is 24.3 Å². The molecule has 1 unspecified atom stereocenters. The Labute approximate surface area is 202 Å². The summed E-state index contributed by atoms with van der Waals surface area (Å²) in [6, 6.07) is 7.57. The van der Waals surface area contributed by atoms with E-state index in [1.54, 1.807) is 31.4 Å². The Balaban J connectivity index is 2.26. The largest absolute Gasteiger partial charge is 0.507 e. The van der Waals surface area contributed by atoms with Gasteiger partial charge in [-0.3, -0.25) is 9.59 Å². The van der Waals surface area contributed by atoms with Crippen molar-refractivity contribution in [1.82, 2.24) is 4.90 Å². The van der Waals surface area contributed by atoms with Crippen LogP contribution in [0.25, 0.3) is 5.76 Å². The van der Waals surface area contributed by atoms with Gasteiger partial charge in [-0.1, -0.05) is 48.7 Å². The van der Waals surface area contributed by atoms with Crippen LogP contribution in [0.4, 0.5) is 0 Å². The first-order chi connectivity index (χ1) is 15.8. The van der Waals surface area contributed by atoms with Crippen molar-refractivity contribution >= 4 is 40.7 Å². The fraction of sp³-hybridized carbons (Fsp3) is 0.333. The van der Waals surface area contributed by atoms with E-state index in [9.17, 15) is 14.7 Å². The van der Waals surface area contributed by atoms with Crippen LogP contribution in [0.3, 0.4) is 0 Å². The predicted octanol–water partition coefficient (Wildman–Crippen LogP) is 5.24. The van der Waals surface area contributed by atoms with E-state index >= 15 is 0 Å². The fourth-order valence-corrected chi connectivity index (χ4v) is 4.55. The van der Waals surface area contributed by atoms with Crippen LogP contribution >= 0.6 is 23.2 Å². The summed E-state index contributed by atoms with van der Waals surface area (Å²) in [6.07, 6.45) is 1.53. The molecule has 1 atom stereocenters. The highest BCUT2D eigenvalue weighted by atomic mass is 35.5. The first kappa shape index (κ1) is 24.7. The molecule has 7 nitrogen and oxygen atoms in total. The third-order valence-electron chi connectivity index (χ3n) is 5.52. The van der Waals surface area contributed by atoms with Crippen molar-refractivity contribution in [3.05, 3.63) is 57.1 Å². The predicted molar refractivity (Wildman–Crippen MR) is 126 cm³/mol. The minimum absolute atomic E-state index is 0.0373. The molecular weight excluding hydrogens is 469 g/mol. The van der Waals surface area contributed by atoms with Gasteiger partial charge in [-0.05, 0) is 30.2 Å². The van der Waals surface area contributed by atoms with Gasteiger partial charge in [0.25, 0.3) is 11.7 Å². The molecule has 1 heterocycles. The summed E-state index contributed by atoms with van der Waals surface area (Å²) in [7, 11) is 4.31. The Morgan fingerprint density at radius 2 is 1.67 bits per heavy atom. The Morgan fingerprint density at radius 1 is 1.03 bits per heavy atom. The molecule has 1 N–H and O–H groups in total. The third kappa shape index (κ3) is 4.48. The Kier molecular flexibility index (Phi) is 7.76. The van der Waals surface area contributed by atoms with Crippen LogP contribution in [0.1, 0.15) is 36.9 Å². The Hall–Kier alpha value is -2.90. The number of nitrogens with zero attached hydrogens (tertiary/aromatic N) is 1. The van der Waals surface area contributed by atoms with E-state index < -0.39 is 23.5 Å². The van der Waals surface area contributed by atoms with Gasteiger partial charge >= 0.3 is 0 Å². The molecule has 1 aliphatic heterocycles. The second-order valence-corrected chi connectivity index (χ2v) is 8.19. The fourth-order valence-electron chi connectivity index (χ4n) is 3.86. The van der Waals surface area contributed by atoms with Crippen LogP contribution in [0.5, 0.6) is 17.2 Å². The molecule has 9 heteroatoms. The number of halogens is 2. The van der Waals surface area contributed by atoms with Gasteiger partial charge in [-0.15, -0.1) is 0 Å². The zero-order valence-corrected chi connectivity index (χ0v) is 20.3. The average molecular weight is 494 g/mol. The normalized spacial score (nSPS) is 17.4. The Bertz CT molecular complexity index is 1100. The van der Waals surface area contributed by atoms with E-state index in [1.165, 1.54) is 25.2 Å².